The normalized spacial score (nSPS) is 15.0. The van der Waals surface area contributed by atoms with Gasteiger partial charge in [0.15, 0.2) is 0 Å². The maximum atomic E-state index is 10.9. The Morgan fingerprint density at radius 1 is 1.04 bits per heavy atom. The van der Waals surface area contributed by atoms with E-state index in [-0.39, 0.29) is 0 Å². The number of aromatic carboxylic acids is 1. The van der Waals surface area contributed by atoms with Gasteiger partial charge in [0.1, 0.15) is 0 Å². The Balaban J connectivity index is 1.34. The Morgan fingerprint density at radius 3 is 2.40 bits per heavy atom. The molecule has 0 saturated heterocycles. The van der Waals surface area contributed by atoms with Gasteiger partial charge in [-0.1, -0.05) is 42.5 Å². The number of carbonyl (C=O) groups is 1. The fourth-order valence-electron chi connectivity index (χ4n) is 2.98. The van der Waals surface area contributed by atoms with Gasteiger partial charge in [-0.05, 0) is 47.9 Å². The lowest BCUT2D eigenvalue weighted by molar-refractivity contribution is 0.0697. The first-order valence-electron chi connectivity index (χ1n) is 8.82. The van der Waals surface area contributed by atoms with E-state index in [1.165, 1.54) is 18.4 Å². The molecule has 1 aliphatic carbocycles. The van der Waals surface area contributed by atoms with Gasteiger partial charge in [0.05, 0.1) is 12.2 Å². The largest absolute Gasteiger partial charge is 0.478 e. The Kier molecular flexibility index (Phi) is 5.84. The lowest BCUT2D eigenvalue weighted by Gasteiger charge is -2.16. The van der Waals surface area contributed by atoms with E-state index in [1.54, 1.807) is 12.1 Å². The Bertz CT molecular complexity index is 678. The minimum Gasteiger partial charge on any atom is -0.478 e. The molecule has 2 N–H and O–H groups in total. The van der Waals surface area contributed by atoms with Gasteiger partial charge >= 0.3 is 5.97 Å². The Labute approximate surface area is 148 Å². The smallest absolute Gasteiger partial charge is 0.335 e. The third-order valence-corrected chi connectivity index (χ3v) is 4.88. The molecule has 4 heteroatoms. The summed E-state index contributed by atoms with van der Waals surface area (Å²) in [6.07, 6.45) is 3.60. The van der Waals surface area contributed by atoms with Crippen molar-refractivity contribution in [2.45, 2.75) is 32.4 Å². The first-order valence-corrected chi connectivity index (χ1v) is 8.82. The van der Waals surface area contributed by atoms with Crippen LogP contribution in [0.1, 0.15) is 40.7 Å². The molecule has 0 heterocycles. The number of hydrogen-bond acceptors (Lipinski definition) is 3. The molecule has 0 amide bonds. The molecule has 132 valence electrons. The summed E-state index contributed by atoms with van der Waals surface area (Å²) in [7, 11) is 0. The molecule has 2 aromatic carbocycles. The summed E-state index contributed by atoms with van der Waals surface area (Å²) in [5.41, 5.74) is 3.05. The van der Waals surface area contributed by atoms with Gasteiger partial charge in [-0.3, -0.25) is 0 Å². The molecule has 0 unspecified atom stereocenters. The molecule has 1 fully saturated rings. The lowest BCUT2D eigenvalue weighted by atomic mass is 10.0. The average molecular weight is 339 g/mol. The second-order valence-corrected chi connectivity index (χ2v) is 6.89. The molecule has 25 heavy (non-hydrogen) atoms. The lowest BCUT2D eigenvalue weighted by Crippen LogP contribution is -2.24. The van der Waals surface area contributed by atoms with E-state index in [2.05, 4.69) is 17.4 Å². The third kappa shape index (κ3) is 5.41. The molecule has 1 saturated carbocycles. The van der Waals surface area contributed by atoms with Crippen molar-refractivity contribution < 1.29 is 14.6 Å². The number of nitrogens with one attached hydrogen (secondary N) is 1. The molecule has 4 nitrogen and oxygen atoms in total. The standard InChI is InChI=1S/C21H25NO3/c23-20(24)19-8-6-17(7-9-19)14-22-16-21(10-11-21)12-13-25-15-18-4-2-1-3-5-18/h1-9,22H,10-16H2,(H,23,24). The van der Waals surface area contributed by atoms with Crippen molar-refractivity contribution in [1.82, 2.24) is 5.32 Å². The van der Waals surface area contributed by atoms with Crippen LogP contribution in [0.4, 0.5) is 0 Å². The van der Waals surface area contributed by atoms with Crippen molar-refractivity contribution in [3.8, 4) is 0 Å². The van der Waals surface area contributed by atoms with E-state index in [0.29, 0.717) is 17.6 Å². The first-order chi connectivity index (χ1) is 12.2. The molecule has 3 rings (SSSR count). The molecule has 0 aliphatic heterocycles. The van der Waals surface area contributed by atoms with Gasteiger partial charge in [-0.15, -0.1) is 0 Å². The number of benzene rings is 2. The van der Waals surface area contributed by atoms with Crippen molar-refractivity contribution in [1.29, 1.82) is 0 Å². The van der Waals surface area contributed by atoms with Gasteiger partial charge in [0.2, 0.25) is 0 Å². The van der Waals surface area contributed by atoms with E-state index in [4.69, 9.17) is 9.84 Å². The topological polar surface area (TPSA) is 58.6 Å². The molecular weight excluding hydrogens is 314 g/mol. The van der Waals surface area contributed by atoms with Crippen molar-refractivity contribution in [3.63, 3.8) is 0 Å². The van der Waals surface area contributed by atoms with Crippen LogP contribution in [0.25, 0.3) is 0 Å². The van der Waals surface area contributed by atoms with Crippen LogP contribution in [0.3, 0.4) is 0 Å². The Morgan fingerprint density at radius 2 is 1.76 bits per heavy atom. The SMILES string of the molecule is O=C(O)c1ccc(CNCC2(CCOCc3ccccc3)CC2)cc1. The number of carboxylic acid groups (broad SMARTS) is 1. The highest BCUT2D eigenvalue weighted by molar-refractivity contribution is 5.87. The average Bonchev–Trinajstić information content (AvgIpc) is 3.40. The van der Waals surface area contributed by atoms with E-state index in [0.717, 1.165) is 31.7 Å². The fourth-order valence-corrected chi connectivity index (χ4v) is 2.98. The van der Waals surface area contributed by atoms with Crippen LogP contribution in [-0.4, -0.2) is 24.2 Å². The fraction of sp³-hybridized carbons (Fsp3) is 0.381. The molecule has 0 spiro atoms. The van der Waals surface area contributed by atoms with E-state index in [1.807, 2.05) is 30.3 Å². The summed E-state index contributed by atoms with van der Waals surface area (Å²) >= 11 is 0. The van der Waals surface area contributed by atoms with E-state index in [9.17, 15) is 4.79 Å². The third-order valence-electron chi connectivity index (χ3n) is 4.88. The molecule has 0 atom stereocenters. The van der Waals surface area contributed by atoms with E-state index >= 15 is 0 Å². The first kappa shape index (κ1) is 17.6. The van der Waals surface area contributed by atoms with E-state index < -0.39 is 5.97 Å². The summed E-state index contributed by atoms with van der Waals surface area (Å²) in [6, 6.07) is 17.3. The summed E-state index contributed by atoms with van der Waals surface area (Å²) in [6.45, 7) is 3.24. The highest BCUT2D eigenvalue weighted by Crippen LogP contribution is 2.48. The monoisotopic (exact) mass is 339 g/mol. The predicted octanol–water partition coefficient (Wildman–Crippen LogP) is 3.86. The van der Waals surface area contributed by atoms with Crippen LogP contribution in [0.15, 0.2) is 54.6 Å². The van der Waals surface area contributed by atoms with Crippen LogP contribution in [0.5, 0.6) is 0 Å². The Hall–Kier alpha value is -2.17. The van der Waals surface area contributed by atoms with Crippen LogP contribution in [0, 0.1) is 5.41 Å². The van der Waals surface area contributed by atoms with Gasteiger partial charge in [0.25, 0.3) is 0 Å². The van der Waals surface area contributed by atoms with Gasteiger partial charge in [0, 0.05) is 19.7 Å². The summed E-state index contributed by atoms with van der Waals surface area (Å²) in [5, 5.41) is 12.4. The molecular formula is C21H25NO3. The van der Waals surface area contributed by atoms with Crippen LogP contribution in [0.2, 0.25) is 0 Å². The van der Waals surface area contributed by atoms with Gasteiger partial charge in [-0.25, -0.2) is 4.79 Å². The van der Waals surface area contributed by atoms with Crippen molar-refractivity contribution >= 4 is 5.97 Å². The zero-order valence-corrected chi connectivity index (χ0v) is 14.4. The molecule has 1 aliphatic rings. The van der Waals surface area contributed by atoms with Crippen LogP contribution >= 0.6 is 0 Å². The van der Waals surface area contributed by atoms with Gasteiger partial charge < -0.3 is 15.2 Å². The van der Waals surface area contributed by atoms with Crippen molar-refractivity contribution in [2.24, 2.45) is 5.41 Å². The minimum atomic E-state index is -0.882. The van der Waals surface area contributed by atoms with Crippen molar-refractivity contribution in [2.75, 3.05) is 13.2 Å². The predicted molar refractivity (Wildman–Crippen MR) is 97.5 cm³/mol. The highest BCUT2D eigenvalue weighted by Gasteiger charge is 2.41. The second-order valence-electron chi connectivity index (χ2n) is 6.89. The minimum absolute atomic E-state index is 0.331. The van der Waals surface area contributed by atoms with Gasteiger partial charge in [-0.2, -0.15) is 0 Å². The maximum absolute atomic E-state index is 10.9. The summed E-state index contributed by atoms with van der Waals surface area (Å²) in [5.74, 6) is -0.882. The highest BCUT2D eigenvalue weighted by atomic mass is 16.5. The second kappa shape index (κ2) is 8.28. The zero-order chi connectivity index (χ0) is 17.5. The molecule has 0 aromatic heterocycles. The molecule has 2 aromatic rings. The maximum Gasteiger partial charge on any atom is 0.335 e. The van der Waals surface area contributed by atoms with Crippen LogP contribution in [-0.2, 0) is 17.9 Å². The van der Waals surface area contributed by atoms with Crippen molar-refractivity contribution in [3.05, 3.63) is 71.3 Å². The summed E-state index contributed by atoms with van der Waals surface area (Å²) < 4.78 is 5.81. The molecule has 0 bridgehead atoms. The summed E-state index contributed by atoms with van der Waals surface area (Å²) in [4.78, 5) is 10.9. The number of hydrogen-bond donors (Lipinski definition) is 2. The quantitative estimate of drug-likeness (QED) is 0.645. The number of rotatable bonds is 10. The molecule has 0 radical (unpaired) electrons. The number of carboxylic acids is 1. The zero-order valence-electron chi connectivity index (χ0n) is 14.4. The number of ether oxygens (including phenoxy) is 1. The van der Waals surface area contributed by atoms with Crippen LogP contribution < -0.4 is 5.32 Å².